The standard InChI is InChI=1S/C11H22N2O4/c1-11(2,3)8(12)6-9(15)13-5-4-7(14)10(16)17/h7-8,14H,4-6,12H2,1-3H3,(H,13,15)(H,16,17). The maximum Gasteiger partial charge on any atom is 0.332 e. The maximum absolute atomic E-state index is 11.4. The molecule has 0 radical (unpaired) electrons. The third-order valence-corrected chi connectivity index (χ3v) is 2.54. The molecule has 0 aliphatic rings. The Morgan fingerprint density at radius 1 is 1.35 bits per heavy atom. The van der Waals surface area contributed by atoms with Crippen LogP contribution in [0.25, 0.3) is 0 Å². The van der Waals surface area contributed by atoms with Gasteiger partial charge in [0.25, 0.3) is 0 Å². The summed E-state index contributed by atoms with van der Waals surface area (Å²) >= 11 is 0. The zero-order chi connectivity index (χ0) is 13.6. The molecule has 2 atom stereocenters. The molecule has 0 bridgehead atoms. The van der Waals surface area contributed by atoms with Crippen LogP contribution in [0.3, 0.4) is 0 Å². The van der Waals surface area contributed by atoms with Gasteiger partial charge in [0.2, 0.25) is 5.91 Å². The summed E-state index contributed by atoms with van der Waals surface area (Å²) in [5, 5.41) is 19.9. The van der Waals surface area contributed by atoms with Gasteiger partial charge in [-0.1, -0.05) is 20.8 Å². The molecule has 0 spiro atoms. The molecule has 0 aliphatic carbocycles. The Kier molecular flexibility index (Phi) is 6.12. The molecule has 0 rings (SSSR count). The average Bonchev–Trinajstić information content (AvgIpc) is 2.15. The van der Waals surface area contributed by atoms with E-state index < -0.39 is 12.1 Å². The van der Waals surface area contributed by atoms with Crippen LogP contribution in [0.1, 0.15) is 33.6 Å². The second-order valence-corrected chi connectivity index (χ2v) is 5.17. The lowest BCUT2D eigenvalue weighted by molar-refractivity contribution is -0.147. The van der Waals surface area contributed by atoms with Crippen LogP contribution in [0.5, 0.6) is 0 Å². The minimum Gasteiger partial charge on any atom is -0.479 e. The molecule has 0 aromatic carbocycles. The van der Waals surface area contributed by atoms with Gasteiger partial charge in [-0.15, -0.1) is 0 Å². The zero-order valence-corrected chi connectivity index (χ0v) is 10.6. The highest BCUT2D eigenvalue weighted by Gasteiger charge is 2.23. The Balaban J connectivity index is 3.85. The number of carbonyl (C=O) groups is 2. The quantitative estimate of drug-likeness (QED) is 0.514. The number of nitrogens with two attached hydrogens (primary N) is 1. The summed E-state index contributed by atoms with van der Waals surface area (Å²) in [6.07, 6.45) is -1.26. The summed E-state index contributed by atoms with van der Waals surface area (Å²) in [5.74, 6) is -1.52. The molecule has 6 nitrogen and oxygen atoms in total. The highest BCUT2D eigenvalue weighted by atomic mass is 16.4. The first-order chi connectivity index (χ1) is 7.64. The van der Waals surface area contributed by atoms with Crippen molar-refractivity contribution in [2.45, 2.75) is 45.8 Å². The second kappa shape index (κ2) is 6.56. The topological polar surface area (TPSA) is 113 Å². The molecule has 17 heavy (non-hydrogen) atoms. The third kappa shape index (κ3) is 6.91. The molecule has 0 saturated carbocycles. The third-order valence-electron chi connectivity index (χ3n) is 2.54. The van der Waals surface area contributed by atoms with Crippen molar-refractivity contribution in [3.8, 4) is 0 Å². The van der Waals surface area contributed by atoms with Crippen LogP contribution in [0.4, 0.5) is 0 Å². The summed E-state index contributed by atoms with van der Waals surface area (Å²) in [5.41, 5.74) is 5.67. The fraction of sp³-hybridized carbons (Fsp3) is 0.818. The van der Waals surface area contributed by atoms with Crippen molar-refractivity contribution < 1.29 is 19.8 Å². The fourth-order valence-corrected chi connectivity index (χ4v) is 1.05. The summed E-state index contributed by atoms with van der Waals surface area (Å²) in [7, 11) is 0. The number of aliphatic carboxylic acids is 1. The molecule has 5 N–H and O–H groups in total. The zero-order valence-electron chi connectivity index (χ0n) is 10.6. The van der Waals surface area contributed by atoms with Gasteiger partial charge in [-0.3, -0.25) is 4.79 Å². The SMILES string of the molecule is CC(C)(C)C(N)CC(=O)NCCC(O)C(=O)O. The first-order valence-electron chi connectivity index (χ1n) is 5.57. The van der Waals surface area contributed by atoms with Crippen molar-refractivity contribution in [3.63, 3.8) is 0 Å². The molecule has 0 aromatic rings. The molecule has 0 aromatic heterocycles. The van der Waals surface area contributed by atoms with Gasteiger partial charge in [0.05, 0.1) is 0 Å². The molecular weight excluding hydrogens is 224 g/mol. The van der Waals surface area contributed by atoms with Crippen LogP contribution in [0.2, 0.25) is 0 Å². The van der Waals surface area contributed by atoms with Crippen LogP contribution < -0.4 is 11.1 Å². The van der Waals surface area contributed by atoms with Crippen LogP contribution in [-0.4, -0.2) is 40.8 Å². The summed E-state index contributed by atoms with van der Waals surface area (Å²) in [6, 6.07) is -0.258. The second-order valence-electron chi connectivity index (χ2n) is 5.17. The number of rotatable bonds is 6. The highest BCUT2D eigenvalue weighted by Crippen LogP contribution is 2.19. The molecule has 0 aliphatic heterocycles. The molecule has 0 saturated heterocycles. The Bertz CT molecular complexity index is 273. The van der Waals surface area contributed by atoms with Crippen LogP contribution >= 0.6 is 0 Å². The first-order valence-corrected chi connectivity index (χ1v) is 5.57. The van der Waals surface area contributed by atoms with Gasteiger partial charge in [-0.25, -0.2) is 4.79 Å². The first kappa shape index (κ1) is 15.9. The van der Waals surface area contributed by atoms with E-state index in [9.17, 15) is 9.59 Å². The molecule has 0 heterocycles. The maximum atomic E-state index is 11.4. The average molecular weight is 246 g/mol. The number of carboxylic acids is 1. The minimum atomic E-state index is -1.44. The van der Waals surface area contributed by atoms with E-state index in [2.05, 4.69) is 5.32 Å². The predicted octanol–water partition coefficient (Wildman–Crippen LogP) is -0.298. The summed E-state index contributed by atoms with van der Waals surface area (Å²) in [6.45, 7) is 5.96. The van der Waals surface area contributed by atoms with E-state index in [1.807, 2.05) is 20.8 Å². The van der Waals surface area contributed by atoms with Gasteiger partial charge < -0.3 is 21.3 Å². The van der Waals surface area contributed by atoms with E-state index in [1.165, 1.54) is 0 Å². The number of aliphatic hydroxyl groups is 1. The van der Waals surface area contributed by atoms with Crippen molar-refractivity contribution in [3.05, 3.63) is 0 Å². The van der Waals surface area contributed by atoms with Crippen LogP contribution in [0, 0.1) is 5.41 Å². The van der Waals surface area contributed by atoms with Gasteiger partial charge in [-0.2, -0.15) is 0 Å². The Morgan fingerprint density at radius 3 is 2.29 bits per heavy atom. The number of aliphatic hydroxyl groups excluding tert-OH is 1. The van der Waals surface area contributed by atoms with Crippen molar-refractivity contribution in [1.29, 1.82) is 0 Å². The van der Waals surface area contributed by atoms with Crippen LogP contribution in [-0.2, 0) is 9.59 Å². The number of carbonyl (C=O) groups excluding carboxylic acids is 1. The van der Waals surface area contributed by atoms with E-state index in [-0.39, 0.29) is 36.8 Å². The normalized spacial score (nSPS) is 15.1. The largest absolute Gasteiger partial charge is 0.479 e. The number of nitrogens with one attached hydrogen (secondary N) is 1. The number of hydrogen-bond donors (Lipinski definition) is 4. The molecular formula is C11H22N2O4. The Labute approximate surface area is 101 Å². The summed E-state index contributed by atoms with van der Waals surface area (Å²) < 4.78 is 0. The van der Waals surface area contributed by atoms with E-state index in [4.69, 9.17) is 15.9 Å². The monoisotopic (exact) mass is 246 g/mol. The lowest BCUT2D eigenvalue weighted by Gasteiger charge is -2.26. The smallest absolute Gasteiger partial charge is 0.332 e. The Morgan fingerprint density at radius 2 is 1.88 bits per heavy atom. The van der Waals surface area contributed by atoms with Gasteiger partial charge >= 0.3 is 5.97 Å². The van der Waals surface area contributed by atoms with Gasteiger partial charge in [0, 0.05) is 25.4 Å². The van der Waals surface area contributed by atoms with Crippen molar-refractivity contribution >= 4 is 11.9 Å². The van der Waals surface area contributed by atoms with Crippen molar-refractivity contribution in [2.24, 2.45) is 11.1 Å². The molecule has 6 heteroatoms. The molecule has 0 fully saturated rings. The van der Waals surface area contributed by atoms with E-state index >= 15 is 0 Å². The van der Waals surface area contributed by atoms with Crippen molar-refractivity contribution in [2.75, 3.05) is 6.54 Å². The molecule has 1 amide bonds. The fourth-order valence-electron chi connectivity index (χ4n) is 1.05. The molecule has 2 unspecified atom stereocenters. The lowest BCUT2D eigenvalue weighted by atomic mass is 9.85. The minimum absolute atomic E-state index is 0.00811. The number of hydrogen-bond acceptors (Lipinski definition) is 4. The van der Waals surface area contributed by atoms with E-state index in [0.717, 1.165) is 0 Å². The lowest BCUT2D eigenvalue weighted by Crippen LogP contribution is -2.40. The molecule has 100 valence electrons. The van der Waals surface area contributed by atoms with E-state index in [1.54, 1.807) is 0 Å². The summed E-state index contributed by atoms with van der Waals surface area (Å²) in [4.78, 5) is 21.7. The predicted molar refractivity (Wildman–Crippen MR) is 63.3 cm³/mol. The van der Waals surface area contributed by atoms with E-state index in [0.29, 0.717) is 0 Å². The van der Waals surface area contributed by atoms with Crippen molar-refractivity contribution in [1.82, 2.24) is 5.32 Å². The van der Waals surface area contributed by atoms with Gasteiger partial charge in [0.1, 0.15) is 0 Å². The Hall–Kier alpha value is -1.14. The number of carboxylic acid groups (broad SMARTS) is 1. The van der Waals surface area contributed by atoms with Gasteiger partial charge in [0.15, 0.2) is 6.10 Å². The highest BCUT2D eigenvalue weighted by molar-refractivity contribution is 5.76. The number of amides is 1. The van der Waals surface area contributed by atoms with Gasteiger partial charge in [-0.05, 0) is 5.41 Å². The van der Waals surface area contributed by atoms with Crippen LogP contribution in [0.15, 0.2) is 0 Å².